The Labute approximate surface area is 219 Å². The average Bonchev–Trinajstić information content (AvgIpc) is 3.16. The van der Waals surface area contributed by atoms with Crippen LogP contribution in [-0.4, -0.2) is 53.5 Å². The number of unbranched alkanes of at least 4 members (excludes halogenated alkanes) is 2. The highest BCUT2D eigenvalue weighted by Crippen LogP contribution is 2.17. The molecular weight excluding hydrogens is 474 g/mol. The van der Waals surface area contributed by atoms with Crippen molar-refractivity contribution in [1.82, 2.24) is 10.2 Å². The van der Waals surface area contributed by atoms with Gasteiger partial charge in [-0.1, -0.05) is 32.4 Å². The van der Waals surface area contributed by atoms with Crippen molar-refractivity contribution >= 4 is 35.0 Å². The van der Waals surface area contributed by atoms with Gasteiger partial charge in [-0.3, -0.25) is 34.2 Å². The van der Waals surface area contributed by atoms with Gasteiger partial charge in [-0.2, -0.15) is 0 Å². The van der Waals surface area contributed by atoms with Crippen LogP contribution in [0.25, 0.3) is 0 Å². The Balaban J connectivity index is 1.72. The van der Waals surface area contributed by atoms with Crippen LogP contribution in [0.3, 0.4) is 0 Å². The molecule has 0 spiro atoms. The van der Waals surface area contributed by atoms with E-state index in [0.717, 1.165) is 11.3 Å². The molecule has 37 heavy (non-hydrogen) atoms. The van der Waals surface area contributed by atoms with Crippen LogP contribution in [0.5, 0.6) is 0 Å². The summed E-state index contributed by atoms with van der Waals surface area (Å²) in [5.74, 6) is -1.82. The van der Waals surface area contributed by atoms with Crippen molar-refractivity contribution in [2.45, 2.75) is 73.0 Å². The number of hydrogen-bond donors (Lipinski definition) is 2. The Morgan fingerprint density at radius 3 is 2.14 bits per heavy atom. The number of nitrogens with one attached hydrogen (secondary N) is 2. The molecular formula is C28H39N3O6. The number of Topliss-reactive ketones (excluding diaryl/α,β-unsaturated/α-hetero) is 2. The number of anilines is 1. The van der Waals surface area contributed by atoms with Gasteiger partial charge in [0.25, 0.3) is 11.8 Å². The Kier molecular flexibility index (Phi) is 11.2. The first-order chi connectivity index (χ1) is 17.4. The van der Waals surface area contributed by atoms with E-state index in [0.29, 0.717) is 32.5 Å². The number of esters is 1. The largest absolute Gasteiger partial charge is 0.460 e. The summed E-state index contributed by atoms with van der Waals surface area (Å²) < 4.78 is 5.32. The van der Waals surface area contributed by atoms with Gasteiger partial charge in [-0.15, -0.1) is 0 Å². The summed E-state index contributed by atoms with van der Waals surface area (Å²) in [5, 5.41) is 6.32. The first-order valence-corrected chi connectivity index (χ1v) is 12.7. The molecule has 2 amide bonds. The first kappa shape index (κ1) is 29.9. The zero-order valence-corrected chi connectivity index (χ0v) is 22.5. The van der Waals surface area contributed by atoms with Gasteiger partial charge < -0.3 is 10.1 Å². The van der Waals surface area contributed by atoms with Gasteiger partial charge in [0.15, 0.2) is 5.78 Å². The molecule has 1 aliphatic rings. The summed E-state index contributed by atoms with van der Waals surface area (Å²) in [4.78, 5) is 61.4. The molecule has 1 aliphatic heterocycles. The lowest BCUT2D eigenvalue weighted by molar-refractivity contribution is -0.154. The molecule has 0 fully saturated rings. The number of ketones is 2. The third kappa shape index (κ3) is 9.57. The fraction of sp³-hybridized carbons (Fsp3) is 0.536. The highest BCUT2D eigenvalue weighted by atomic mass is 16.5. The second-order valence-corrected chi connectivity index (χ2v) is 10.6. The number of carbonyl (C=O) groups is 5. The van der Waals surface area contributed by atoms with E-state index < -0.39 is 23.0 Å². The Morgan fingerprint density at radius 1 is 0.946 bits per heavy atom. The van der Waals surface area contributed by atoms with Crippen LogP contribution in [0.15, 0.2) is 36.4 Å². The fourth-order valence-electron chi connectivity index (χ4n) is 3.66. The predicted molar refractivity (Wildman–Crippen MR) is 140 cm³/mol. The number of nitrogens with zero attached hydrogens (tertiary/aromatic N) is 1. The summed E-state index contributed by atoms with van der Waals surface area (Å²) in [6.45, 7) is 10.0. The Bertz CT molecular complexity index is 990. The minimum absolute atomic E-state index is 0.0715. The van der Waals surface area contributed by atoms with Gasteiger partial charge in [0.05, 0.1) is 18.1 Å². The molecule has 0 unspecified atom stereocenters. The van der Waals surface area contributed by atoms with E-state index in [1.54, 1.807) is 20.8 Å². The highest BCUT2D eigenvalue weighted by molar-refractivity contribution is 6.39. The van der Waals surface area contributed by atoms with Gasteiger partial charge in [-0.25, -0.2) is 0 Å². The normalized spacial score (nSPS) is 14.3. The lowest BCUT2D eigenvalue weighted by Gasteiger charge is -2.21. The maximum absolute atomic E-state index is 12.7. The number of hydrogen-bond acceptors (Lipinski definition) is 8. The number of carbonyl (C=O) groups excluding carboxylic acids is 5. The topological polar surface area (TPSA) is 122 Å². The van der Waals surface area contributed by atoms with Crippen LogP contribution >= 0.6 is 0 Å². The summed E-state index contributed by atoms with van der Waals surface area (Å²) in [5.41, 5.74) is 1.14. The first-order valence-electron chi connectivity index (χ1n) is 12.7. The van der Waals surface area contributed by atoms with Crippen LogP contribution in [0, 0.1) is 11.3 Å². The molecule has 9 nitrogen and oxygen atoms in total. The fourth-order valence-corrected chi connectivity index (χ4v) is 3.66. The standard InChI is InChI=1S/C28H39N3O6/c1-19(2)25(26(35)22(32)9-7-6-8-16-31-23(33)14-15-24(31)34)30-18-29-21-12-10-20(11-13-21)17-37-27(36)28(3,4)5/h10-15,19,25,29-30H,6-9,16-18H2,1-5H3/t25-/m0/s1. The van der Waals surface area contributed by atoms with Gasteiger partial charge in [0, 0.05) is 30.8 Å². The van der Waals surface area contributed by atoms with Crippen LogP contribution in [0.1, 0.15) is 65.9 Å². The van der Waals surface area contributed by atoms with E-state index in [9.17, 15) is 24.0 Å². The van der Waals surface area contributed by atoms with Crippen molar-refractivity contribution in [3.8, 4) is 0 Å². The molecule has 202 valence electrons. The van der Waals surface area contributed by atoms with Crippen LogP contribution in [0.4, 0.5) is 5.69 Å². The summed E-state index contributed by atoms with van der Waals surface area (Å²) in [6, 6.07) is 6.83. The predicted octanol–water partition coefficient (Wildman–Crippen LogP) is 3.38. The number of rotatable bonds is 15. The molecule has 0 bridgehead atoms. The summed E-state index contributed by atoms with van der Waals surface area (Å²) in [6.07, 6.45) is 4.39. The molecule has 0 saturated heterocycles. The van der Waals surface area contributed by atoms with Gasteiger partial charge in [0.1, 0.15) is 6.61 Å². The van der Waals surface area contributed by atoms with Crippen LogP contribution in [0.2, 0.25) is 0 Å². The van der Waals surface area contributed by atoms with Crippen LogP contribution in [-0.2, 0) is 35.3 Å². The van der Waals surface area contributed by atoms with Gasteiger partial charge in [0.2, 0.25) is 5.78 Å². The molecule has 1 aromatic carbocycles. The minimum atomic E-state index is -0.609. The van der Waals surface area contributed by atoms with E-state index in [1.807, 2.05) is 38.1 Å². The van der Waals surface area contributed by atoms with Crippen molar-refractivity contribution in [3.63, 3.8) is 0 Å². The molecule has 0 aromatic heterocycles. The molecule has 2 N–H and O–H groups in total. The number of ether oxygens (including phenoxy) is 1. The molecule has 9 heteroatoms. The number of imide groups is 1. The molecule has 0 saturated carbocycles. The summed E-state index contributed by atoms with van der Waals surface area (Å²) >= 11 is 0. The zero-order valence-electron chi connectivity index (χ0n) is 22.5. The van der Waals surface area contributed by atoms with E-state index in [2.05, 4.69) is 10.6 Å². The summed E-state index contributed by atoms with van der Waals surface area (Å²) in [7, 11) is 0. The lowest BCUT2D eigenvalue weighted by Crippen LogP contribution is -2.46. The van der Waals surface area contributed by atoms with Gasteiger partial charge in [-0.05, 0) is 57.2 Å². The molecule has 1 aromatic rings. The van der Waals surface area contributed by atoms with Crippen molar-refractivity contribution in [2.24, 2.45) is 11.3 Å². The lowest BCUT2D eigenvalue weighted by atomic mass is 9.95. The Hall–Kier alpha value is -3.33. The number of amides is 2. The van der Waals surface area contributed by atoms with Gasteiger partial charge >= 0.3 is 5.97 Å². The van der Waals surface area contributed by atoms with E-state index >= 15 is 0 Å². The highest BCUT2D eigenvalue weighted by Gasteiger charge is 2.27. The Morgan fingerprint density at radius 2 is 1.57 bits per heavy atom. The monoisotopic (exact) mass is 513 g/mol. The second-order valence-electron chi connectivity index (χ2n) is 10.6. The maximum Gasteiger partial charge on any atom is 0.311 e. The van der Waals surface area contributed by atoms with Crippen molar-refractivity contribution in [3.05, 3.63) is 42.0 Å². The number of benzene rings is 1. The maximum atomic E-state index is 12.7. The average molecular weight is 514 g/mol. The van der Waals surface area contributed by atoms with E-state index in [4.69, 9.17) is 4.74 Å². The smallest absolute Gasteiger partial charge is 0.311 e. The molecule has 0 radical (unpaired) electrons. The second kappa shape index (κ2) is 13.8. The quantitative estimate of drug-likeness (QED) is 0.120. The van der Waals surface area contributed by atoms with Crippen LogP contribution < -0.4 is 10.6 Å². The molecule has 1 atom stereocenters. The zero-order chi connectivity index (χ0) is 27.6. The third-order valence-corrected chi connectivity index (χ3v) is 5.96. The van der Waals surface area contributed by atoms with Crippen molar-refractivity contribution in [1.29, 1.82) is 0 Å². The van der Waals surface area contributed by atoms with Crippen molar-refractivity contribution < 1.29 is 28.7 Å². The molecule has 2 rings (SSSR count). The third-order valence-electron chi connectivity index (χ3n) is 5.96. The van der Waals surface area contributed by atoms with E-state index in [1.165, 1.54) is 17.1 Å². The minimum Gasteiger partial charge on any atom is -0.460 e. The molecule has 1 heterocycles. The van der Waals surface area contributed by atoms with E-state index in [-0.39, 0.29) is 36.7 Å². The molecule has 0 aliphatic carbocycles. The SMILES string of the molecule is CC(C)[C@H](NCNc1ccc(COC(=O)C(C)(C)C)cc1)C(=O)C(=O)CCCCCN1C(=O)C=CC1=O. The van der Waals surface area contributed by atoms with Crippen molar-refractivity contribution in [2.75, 3.05) is 18.5 Å².